The number of hydrogen-bond acceptors (Lipinski definition) is 4. The molecule has 1 N–H and O–H groups in total. The van der Waals surface area contributed by atoms with Gasteiger partial charge >= 0.3 is 0 Å². The summed E-state index contributed by atoms with van der Waals surface area (Å²) in [5.41, 5.74) is 2.51. The first kappa shape index (κ1) is 19.5. The molecule has 4 nitrogen and oxygen atoms in total. The predicted molar refractivity (Wildman–Crippen MR) is 95.4 cm³/mol. The standard InChI is InChI=1S/C17H23NO3.2CH4/c1-4-18(2)10-11-5-8-14(20-3)17-16(11)13-7-6-12(19)9-15(13)21-17;;/h5-8,12-13,15,19H,4,9-10H2,1-3H3;2*1H4/t12-,13?,15-;;/m0../s1. The van der Waals surface area contributed by atoms with Gasteiger partial charge in [-0.05, 0) is 25.2 Å². The number of rotatable bonds is 4. The number of aliphatic hydroxyl groups excluding tert-OH is 1. The molecular formula is C19H31NO3. The molecule has 0 radical (unpaired) electrons. The minimum atomic E-state index is -0.409. The van der Waals surface area contributed by atoms with E-state index < -0.39 is 6.10 Å². The average molecular weight is 321 g/mol. The van der Waals surface area contributed by atoms with Crippen LogP contribution in [0, 0.1) is 0 Å². The lowest BCUT2D eigenvalue weighted by Gasteiger charge is -2.24. The van der Waals surface area contributed by atoms with Gasteiger partial charge in [-0.2, -0.15) is 0 Å². The Kier molecular flexibility index (Phi) is 6.66. The minimum absolute atomic E-state index is 0. The third-order valence-corrected chi connectivity index (χ3v) is 4.47. The molecule has 23 heavy (non-hydrogen) atoms. The van der Waals surface area contributed by atoms with Crippen molar-refractivity contribution in [3.05, 3.63) is 35.4 Å². The summed E-state index contributed by atoms with van der Waals surface area (Å²) in [6.45, 7) is 4.05. The fraction of sp³-hybridized carbons (Fsp3) is 0.579. The minimum Gasteiger partial charge on any atom is -0.493 e. The van der Waals surface area contributed by atoms with E-state index >= 15 is 0 Å². The van der Waals surface area contributed by atoms with E-state index in [1.807, 2.05) is 12.1 Å². The molecule has 1 unspecified atom stereocenters. The fourth-order valence-corrected chi connectivity index (χ4v) is 3.20. The van der Waals surface area contributed by atoms with Crippen LogP contribution in [0.15, 0.2) is 24.3 Å². The molecule has 0 aromatic heterocycles. The second-order valence-corrected chi connectivity index (χ2v) is 5.87. The molecule has 0 spiro atoms. The molecule has 0 amide bonds. The zero-order valence-electron chi connectivity index (χ0n) is 12.9. The van der Waals surface area contributed by atoms with Gasteiger partial charge in [-0.25, -0.2) is 0 Å². The van der Waals surface area contributed by atoms with Crippen molar-refractivity contribution in [2.45, 2.75) is 52.9 Å². The van der Waals surface area contributed by atoms with Gasteiger partial charge in [0.25, 0.3) is 0 Å². The normalized spacial score (nSPS) is 24.1. The van der Waals surface area contributed by atoms with Gasteiger partial charge < -0.3 is 19.5 Å². The third-order valence-electron chi connectivity index (χ3n) is 4.47. The van der Waals surface area contributed by atoms with Crippen LogP contribution >= 0.6 is 0 Å². The smallest absolute Gasteiger partial charge is 0.165 e. The van der Waals surface area contributed by atoms with Gasteiger partial charge in [0, 0.05) is 24.4 Å². The summed E-state index contributed by atoms with van der Waals surface area (Å²) < 4.78 is 11.6. The van der Waals surface area contributed by atoms with Crippen molar-refractivity contribution in [3.8, 4) is 11.5 Å². The molecule has 4 heteroatoms. The van der Waals surface area contributed by atoms with E-state index in [0.29, 0.717) is 6.42 Å². The van der Waals surface area contributed by atoms with E-state index in [2.05, 4.69) is 31.0 Å². The highest BCUT2D eigenvalue weighted by atomic mass is 16.5. The molecule has 2 aliphatic rings. The van der Waals surface area contributed by atoms with E-state index in [-0.39, 0.29) is 26.9 Å². The topological polar surface area (TPSA) is 41.9 Å². The second-order valence-electron chi connectivity index (χ2n) is 5.87. The summed E-state index contributed by atoms with van der Waals surface area (Å²) >= 11 is 0. The van der Waals surface area contributed by atoms with Crippen molar-refractivity contribution in [3.63, 3.8) is 0 Å². The summed E-state index contributed by atoms with van der Waals surface area (Å²) in [7, 11) is 3.79. The molecule has 1 aliphatic heterocycles. The van der Waals surface area contributed by atoms with Crippen molar-refractivity contribution in [1.82, 2.24) is 4.90 Å². The summed E-state index contributed by atoms with van der Waals surface area (Å²) in [6.07, 6.45) is 4.21. The molecule has 0 saturated carbocycles. The number of nitrogens with zero attached hydrogens (tertiary/aromatic N) is 1. The quantitative estimate of drug-likeness (QED) is 0.861. The number of fused-ring (bicyclic) bond motifs is 3. The number of benzene rings is 1. The highest BCUT2D eigenvalue weighted by molar-refractivity contribution is 5.57. The van der Waals surface area contributed by atoms with Crippen molar-refractivity contribution < 1.29 is 14.6 Å². The number of methoxy groups -OCH3 is 1. The Hall–Kier alpha value is -1.52. The van der Waals surface area contributed by atoms with Gasteiger partial charge in [-0.15, -0.1) is 0 Å². The zero-order chi connectivity index (χ0) is 15.0. The Bertz CT molecular complexity index is 556. The Morgan fingerprint density at radius 3 is 2.70 bits per heavy atom. The van der Waals surface area contributed by atoms with E-state index in [1.165, 1.54) is 11.1 Å². The lowest BCUT2D eigenvalue weighted by molar-refractivity contribution is 0.117. The van der Waals surface area contributed by atoms with E-state index in [9.17, 15) is 5.11 Å². The maximum absolute atomic E-state index is 9.81. The molecule has 1 heterocycles. The number of aliphatic hydroxyl groups is 1. The van der Waals surface area contributed by atoms with Crippen LogP contribution in [0.2, 0.25) is 0 Å². The van der Waals surface area contributed by atoms with Crippen LogP contribution in [0.25, 0.3) is 0 Å². The largest absolute Gasteiger partial charge is 0.493 e. The third kappa shape index (κ3) is 3.54. The number of ether oxygens (including phenoxy) is 2. The van der Waals surface area contributed by atoms with Crippen molar-refractivity contribution in [2.75, 3.05) is 20.7 Å². The Labute approximate surface area is 140 Å². The molecule has 3 atom stereocenters. The van der Waals surface area contributed by atoms with Gasteiger partial charge in [0.1, 0.15) is 6.10 Å². The number of hydrogen-bond donors (Lipinski definition) is 1. The van der Waals surface area contributed by atoms with Crippen LogP contribution in [0.4, 0.5) is 0 Å². The summed E-state index contributed by atoms with van der Waals surface area (Å²) in [5.74, 6) is 1.86. The highest BCUT2D eigenvalue weighted by Gasteiger charge is 2.39. The first-order valence-electron chi connectivity index (χ1n) is 7.55. The SMILES string of the molecule is C.C.CCN(C)Cc1ccc(OC)c2c1C1C=C[C@H](O)C[C@@H]1O2. The van der Waals surface area contributed by atoms with Crippen LogP contribution in [0.3, 0.4) is 0 Å². The molecule has 130 valence electrons. The van der Waals surface area contributed by atoms with Crippen LogP contribution in [0.5, 0.6) is 11.5 Å². The Morgan fingerprint density at radius 2 is 2.04 bits per heavy atom. The predicted octanol–water partition coefficient (Wildman–Crippen LogP) is 3.58. The van der Waals surface area contributed by atoms with Crippen molar-refractivity contribution >= 4 is 0 Å². The van der Waals surface area contributed by atoms with Crippen molar-refractivity contribution in [2.24, 2.45) is 0 Å². The highest BCUT2D eigenvalue weighted by Crippen LogP contribution is 2.49. The maximum Gasteiger partial charge on any atom is 0.165 e. The van der Waals surface area contributed by atoms with E-state index in [4.69, 9.17) is 9.47 Å². The van der Waals surface area contributed by atoms with E-state index in [0.717, 1.165) is 24.6 Å². The zero-order valence-corrected chi connectivity index (χ0v) is 12.9. The first-order chi connectivity index (χ1) is 10.1. The molecule has 1 aromatic rings. The molecule has 0 fully saturated rings. The fourth-order valence-electron chi connectivity index (χ4n) is 3.20. The first-order valence-corrected chi connectivity index (χ1v) is 7.55. The molecular weight excluding hydrogens is 290 g/mol. The monoisotopic (exact) mass is 321 g/mol. The molecule has 0 bridgehead atoms. The van der Waals surface area contributed by atoms with Gasteiger partial charge in [0.2, 0.25) is 0 Å². The molecule has 3 rings (SSSR count). The summed E-state index contributed by atoms with van der Waals surface area (Å²) in [6, 6.07) is 4.11. The lowest BCUT2D eigenvalue weighted by atomic mass is 9.85. The lowest BCUT2D eigenvalue weighted by Crippen LogP contribution is -2.27. The van der Waals surface area contributed by atoms with Gasteiger partial charge in [-0.3, -0.25) is 0 Å². The van der Waals surface area contributed by atoms with Crippen LogP contribution in [-0.2, 0) is 6.54 Å². The Balaban J connectivity index is 0.00000132. The summed E-state index contributed by atoms with van der Waals surface area (Å²) in [5, 5.41) is 9.81. The van der Waals surface area contributed by atoms with Crippen LogP contribution < -0.4 is 9.47 Å². The van der Waals surface area contributed by atoms with Crippen molar-refractivity contribution in [1.29, 1.82) is 0 Å². The molecule has 0 saturated heterocycles. The Morgan fingerprint density at radius 1 is 1.30 bits per heavy atom. The van der Waals surface area contributed by atoms with Gasteiger partial charge in [0.05, 0.1) is 13.2 Å². The second kappa shape index (κ2) is 7.84. The van der Waals surface area contributed by atoms with E-state index in [1.54, 1.807) is 7.11 Å². The van der Waals surface area contributed by atoms with Gasteiger partial charge in [0.15, 0.2) is 11.5 Å². The van der Waals surface area contributed by atoms with Gasteiger partial charge in [-0.1, -0.05) is 40.0 Å². The summed E-state index contributed by atoms with van der Waals surface area (Å²) in [4.78, 5) is 2.27. The molecule has 1 aromatic carbocycles. The molecule has 1 aliphatic carbocycles. The maximum atomic E-state index is 9.81. The van der Waals surface area contributed by atoms with Crippen LogP contribution in [0.1, 0.15) is 45.2 Å². The average Bonchev–Trinajstić information content (AvgIpc) is 2.86. The van der Waals surface area contributed by atoms with Crippen LogP contribution in [-0.4, -0.2) is 42.9 Å².